The predicted octanol–water partition coefficient (Wildman–Crippen LogP) is 2.78. The SMILES string of the molecule is CCCCCCCC(=O)NCCCS. The Morgan fingerprint density at radius 3 is 2.50 bits per heavy atom. The second kappa shape index (κ2) is 10.9. The molecule has 2 nitrogen and oxygen atoms in total. The second-order valence-corrected chi connectivity index (χ2v) is 4.04. The van der Waals surface area contributed by atoms with Crippen molar-refractivity contribution in [3.8, 4) is 0 Å². The van der Waals surface area contributed by atoms with Gasteiger partial charge in [-0.15, -0.1) is 0 Å². The minimum atomic E-state index is 0.197. The van der Waals surface area contributed by atoms with Crippen LogP contribution in [0.4, 0.5) is 0 Å². The molecular weight excluding hydrogens is 194 g/mol. The number of nitrogens with one attached hydrogen (secondary N) is 1. The summed E-state index contributed by atoms with van der Waals surface area (Å²) >= 11 is 4.08. The van der Waals surface area contributed by atoms with Crippen LogP contribution in [0.1, 0.15) is 51.9 Å². The maximum Gasteiger partial charge on any atom is 0.219 e. The first-order valence-electron chi connectivity index (χ1n) is 5.68. The van der Waals surface area contributed by atoms with Crippen molar-refractivity contribution in [2.24, 2.45) is 0 Å². The van der Waals surface area contributed by atoms with Crippen LogP contribution in [-0.2, 0) is 4.79 Å². The van der Waals surface area contributed by atoms with Gasteiger partial charge in [0.05, 0.1) is 0 Å². The molecule has 0 saturated heterocycles. The Balaban J connectivity index is 3.10. The molecule has 0 fully saturated rings. The lowest BCUT2D eigenvalue weighted by Crippen LogP contribution is -2.24. The van der Waals surface area contributed by atoms with E-state index in [1.165, 1.54) is 25.7 Å². The highest BCUT2D eigenvalue weighted by atomic mass is 32.1. The molecule has 3 heteroatoms. The van der Waals surface area contributed by atoms with Crippen molar-refractivity contribution in [2.45, 2.75) is 51.9 Å². The molecule has 0 unspecified atom stereocenters. The van der Waals surface area contributed by atoms with Crippen molar-refractivity contribution in [1.82, 2.24) is 5.32 Å². The molecule has 0 aliphatic carbocycles. The number of amides is 1. The third kappa shape index (κ3) is 9.90. The first-order valence-corrected chi connectivity index (χ1v) is 6.32. The summed E-state index contributed by atoms with van der Waals surface area (Å²) in [7, 11) is 0. The maximum absolute atomic E-state index is 11.2. The van der Waals surface area contributed by atoms with Crippen LogP contribution in [-0.4, -0.2) is 18.2 Å². The highest BCUT2D eigenvalue weighted by Crippen LogP contribution is 2.04. The molecule has 0 aromatic heterocycles. The Kier molecular flexibility index (Phi) is 10.8. The van der Waals surface area contributed by atoms with Gasteiger partial charge in [0, 0.05) is 13.0 Å². The lowest BCUT2D eigenvalue weighted by molar-refractivity contribution is -0.121. The molecule has 0 bridgehead atoms. The number of hydrogen-bond donors (Lipinski definition) is 2. The number of rotatable bonds is 9. The monoisotopic (exact) mass is 217 g/mol. The van der Waals surface area contributed by atoms with Gasteiger partial charge in [-0.3, -0.25) is 4.79 Å². The van der Waals surface area contributed by atoms with Crippen LogP contribution in [0.2, 0.25) is 0 Å². The largest absolute Gasteiger partial charge is 0.356 e. The molecule has 0 aromatic carbocycles. The number of carbonyl (C=O) groups excluding carboxylic acids is 1. The highest BCUT2D eigenvalue weighted by molar-refractivity contribution is 7.80. The summed E-state index contributed by atoms with van der Waals surface area (Å²) < 4.78 is 0. The van der Waals surface area contributed by atoms with Gasteiger partial charge in [0.25, 0.3) is 0 Å². The average molecular weight is 217 g/mol. The van der Waals surface area contributed by atoms with Crippen molar-refractivity contribution in [3.63, 3.8) is 0 Å². The van der Waals surface area contributed by atoms with Crippen molar-refractivity contribution >= 4 is 18.5 Å². The molecule has 0 saturated carbocycles. The van der Waals surface area contributed by atoms with Crippen molar-refractivity contribution < 1.29 is 4.79 Å². The molecule has 0 aromatic rings. The lowest BCUT2D eigenvalue weighted by atomic mass is 10.1. The van der Waals surface area contributed by atoms with Crippen LogP contribution < -0.4 is 5.32 Å². The molecular formula is C11H23NOS. The van der Waals surface area contributed by atoms with Gasteiger partial charge in [0.2, 0.25) is 5.91 Å². The fourth-order valence-corrected chi connectivity index (χ4v) is 1.44. The number of carbonyl (C=O) groups is 1. The van der Waals surface area contributed by atoms with Crippen LogP contribution in [0, 0.1) is 0 Å². The van der Waals surface area contributed by atoms with Gasteiger partial charge in [-0.2, -0.15) is 12.6 Å². The fourth-order valence-electron chi connectivity index (χ4n) is 1.28. The van der Waals surface area contributed by atoms with Gasteiger partial charge in [0.1, 0.15) is 0 Å². The van der Waals surface area contributed by atoms with Crippen molar-refractivity contribution in [2.75, 3.05) is 12.3 Å². The third-order valence-electron chi connectivity index (χ3n) is 2.16. The summed E-state index contributed by atoms with van der Waals surface area (Å²) in [6, 6.07) is 0. The van der Waals surface area contributed by atoms with E-state index in [0.717, 1.165) is 25.1 Å². The Bertz CT molecular complexity index is 139. The van der Waals surface area contributed by atoms with Crippen LogP contribution in [0.3, 0.4) is 0 Å². The summed E-state index contributed by atoms with van der Waals surface area (Å²) in [6.45, 7) is 2.97. The first kappa shape index (κ1) is 13.8. The van der Waals surface area contributed by atoms with Crippen molar-refractivity contribution in [1.29, 1.82) is 0 Å². The third-order valence-corrected chi connectivity index (χ3v) is 2.48. The lowest BCUT2D eigenvalue weighted by Gasteiger charge is -2.03. The fraction of sp³-hybridized carbons (Fsp3) is 0.909. The normalized spacial score (nSPS) is 10.1. The van der Waals surface area contributed by atoms with E-state index in [1.807, 2.05) is 0 Å². The Hall–Kier alpha value is -0.180. The molecule has 0 aliphatic heterocycles. The van der Waals surface area contributed by atoms with E-state index in [0.29, 0.717) is 6.42 Å². The molecule has 0 aliphatic rings. The van der Waals surface area contributed by atoms with Gasteiger partial charge in [0.15, 0.2) is 0 Å². The highest BCUT2D eigenvalue weighted by Gasteiger charge is 1.99. The number of unbranched alkanes of at least 4 members (excludes halogenated alkanes) is 4. The molecule has 84 valence electrons. The molecule has 0 spiro atoms. The van der Waals surface area contributed by atoms with Gasteiger partial charge >= 0.3 is 0 Å². The number of thiol groups is 1. The molecule has 1 N–H and O–H groups in total. The van der Waals surface area contributed by atoms with E-state index in [2.05, 4.69) is 24.9 Å². The Morgan fingerprint density at radius 2 is 1.86 bits per heavy atom. The zero-order valence-electron chi connectivity index (χ0n) is 9.22. The average Bonchev–Trinajstić information content (AvgIpc) is 2.18. The maximum atomic E-state index is 11.2. The summed E-state index contributed by atoms with van der Waals surface area (Å²) in [5.74, 6) is 1.04. The van der Waals surface area contributed by atoms with Crippen LogP contribution in [0.15, 0.2) is 0 Å². The summed E-state index contributed by atoms with van der Waals surface area (Å²) in [5, 5.41) is 2.89. The summed E-state index contributed by atoms with van der Waals surface area (Å²) in [6.07, 6.45) is 7.69. The van der Waals surface area contributed by atoms with E-state index in [9.17, 15) is 4.79 Å². The topological polar surface area (TPSA) is 29.1 Å². The Labute approximate surface area is 93.3 Å². The minimum Gasteiger partial charge on any atom is -0.356 e. The van der Waals surface area contributed by atoms with Crippen LogP contribution in [0.25, 0.3) is 0 Å². The Morgan fingerprint density at radius 1 is 1.14 bits per heavy atom. The van der Waals surface area contributed by atoms with Gasteiger partial charge < -0.3 is 5.32 Å². The zero-order valence-corrected chi connectivity index (χ0v) is 10.1. The predicted molar refractivity (Wildman–Crippen MR) is 64.9 cm³/mol. The summed E-state index contributed by atoms with van der Waals surface area (Å²) in [5.41, 5.74) is 0. The molecule has 0 radical (unpaired) electrons. The van der Waals surface area contributed by atoms with Gasteiger partial charge in [-0.25, -0.2) is 0 Å². The van der Waals surface area contributed by atoms with Crippen molar-refractivity contribution in [3.05, 3.63) is 0 Å². The van der Waals surface area contributed by atoms with Gasteiger partial charge in [-0.1, -0.05) is 32.6 Å². The molecule has 0 rings (SSSR count). The second-order valence-electron chi connectivity index (χ2n) is 3.59. The van der Waals surface area contributed by atoms with E-state index in [-0.39, 0.29) is 5.91 Å². The van der Waals surface area contributed by atoms with Gasteiger partial charge in [-0.05, 0) is 18.6 Å². The first-order chi connectivity index (χ1) is 6.81. The smallest absolute Gasteiger partial charge is 0.219 e. The quantitative estimate of drug-likeness (QED) is 0.451. The standard InChI is InChI=1S/C11H23NOS/c1-2-3-4-5-6-8-11(13)12-9-7-10-14/h14H,2-10H2,1H3,(H,12,13). The molecule has 14 heavy (non-hydrogen) atoms. The molecule has 1 amide bonds. The minimum absolute atomic E-state index is 0.197. The summed E-state index contributed by atoms with van der Waals surface area (Å²) in [4.78, 5) is 11.2. The zero-order chi connectivity index (χ0) is 10.6. The number of hydrogen-bond acceptors (Lipinski definition) is 2. The van der Waals surface area contributed by atoms with E-state index >= 15 is 0 Å². The molecule has 0 heterocycles. The van der Waals surface area contributed by atoms with E-state index in [1.54, 1.807) is 0 Å². The molecule has 0 atom stereocenters. The van der Waals surface area contributed by atoms with E-state index in [4.69, 9.17) is 0 Å². The van der Waals surface area contributed by atoms with Crippen LogP contribution >= 0.6 is 12.6 Å². The van der Waals surface area contributed by atoms with Crippen LogP contribution in [0.5, 0.6) is 0 Å². The van der Waals surface area contributed by atoms with E-state index < -0.39 is 0 Å².